The van der Waals surface area contributed by atoms with Crippen molar-refractivity contribution < 1.29 is 4.79 Å². The van der Waals surface area contributed by atoms with E-state index in [0.717, 1.165) is 11.3 Å². The smallest absolute Gasteiger partial charge is 0.239 e. The first-order chi connectivity index (χ1) is 9.63. The molecular formula is C15H21N3OS. The Morgan fingerprint density at radius 1 is 1.50 bits per heavy atom. The Morgan fingerprint density at radius 2 is 2.20 bits per heavy atom. The van der Waals surface area contributed by atoms with Gasteiger partial charge in [0.1, 0.15) is 0 Å². The van der Waals surface area contributed by atoms with Crippen molar-refractivity contribution in [1.29, 1.82) is 5.26 Å². The van der Waals surface area contributed by atoms with E-state index in [1.54, 1.807) is 22.7 Å². The molecule has 0 radical (unpaired) electrons. The third kappa shape index (κ3) is 4.55. The second-order valence-corrected chi connectivity index (χ2v) is 5.49. The van der Waals surface area contributed by atoms with Crippen LogP contribution < -0.4 is 5.73 Å². The Kier molecular flexibility index (Phi) is 7.13. The summed E-state index contributed by atoms with van der Waals surface area (Å²) in [5, 5.41) is 9.09. The van der Waals surface area contributed by atoms with Crippen molar-refractivity contribution in [3.05, 3.63) is 35.4 Å². The lowest BCUT2D eigenvalue weighted by atomic mass is 10.1. The summed E-state index contributed by atoms with van der Waals surface area (Å²) >= 11 is 1.68. The Labute approximate surface area is 124 Å². The fourth-order valence-corrected chi connectivity index (χ4v) is 2.41. The summed E-state index contributed by atoms with van der Waals surface area (Å²) < 4.78 is 0. The van der Waals surface area contributed by atoms with Crippen LogP contribution in [-0.2, 0) is 11.3 Å². The van der Waals surface area contributed by atoms with E-state index >= 15 is 0 Å². The van der Waals surface area contributed by atoms with Crippen LogP contribution in [0.25, 0.3) is 0 Å². The predicted octanol–water partition coefficient (Wildman–Crippen LogP) is 1.99. The fraction of sp³-hybridized carbons (Fsp3) is 0.467. The minimum atomic E-state index is -0.461. The molecule has 0 saturated heterocycles. The number of benzene rings is 1. The molecule has 2 N–H and O–H groups in total. The molecule has 0 aliphatic carbocycles. The maximum absolute atomic E-state index is 12.3. The standard InChI is InChI=1S/C15H21N3OS/c1-3-18(15(19)14(17)8-9-20-2)11-13-7-5-4-6-12(13)10-16/h4-7,14H,3,8-9,11,17H2,1-2H3/t14-/m1/s1. The summed E-state index contributed by atoms with van der Waals surface area (Å²) in [5.74, 6) is 0.827. The first-order valence-corrected chi connectivity index (χ1v) is 8.04. The summed E-state index contributed by atoms with van der Waals surface area (Å²) in [4.78, 5) is 14.0. The first kappa shape index (κ1) is 16.5. The molecule has 0 aliphatic heterocycles. The van der Waals surface area contributed by atoms with Gasteiger partial charge < -0.3 is 10.6 Å². The molecule has 1 aromatic carbocycles. The second kappa shape index (κ2) is 8.62. The van der Waals surface area contributed by atoms with Gasteiger partial charge in [0, 0.05) is 13.1 Å². The lowest BCUT2D eigenvalue weighted by molar-refractivity contribution is -0.133. The highest BCUT2D eigenvalue weighted by Crippen LogP contribution is 2.12. The number of likely N-dealkylation sites (N-methyl/N-ethyl adjacent to an activating group) is 1. The summed E-state index contributed by atoms with van der Waals surface area (Å²) in [6, 6.07) is 9.04. The number of nitriles is 1. The van der Waals surface area contributed by atoms with Gasteiger partial charge in [-0.2, -0.15) is 17.0 Å². The van der Waals surface area contributed by atoms with Crippen LogP contribution in [0.2, 0.25) is 0 Å². The average molecular weight is 291 g/mol. The van der Waals surface area contributed by atoms with E-state index in [0.29, 0.717) is 25.1 Å². The fourth-order valence-electron chi connectivity index (χ4n) is 1.92. The van der Waals surface area contributed by atoms with E-state index in [1.807, 2.05) is 31.4 Å². The molecule has 1 aromatic rings. The predicted molar refractivity (Wildman–Crippen MR) is 83.2 cm³/mol. The lowest BCUT2D eigenvalue weighted by Gasteiger charge is -2.24. The van der Waals surface area contributed by atoms with Crippen LogP contribution in [0, 0.1) is 11.3 Å². The highest BCUT2D eigenvalue weighted by Gasteiger charge is 2.20. The molecule has 4 nitrogen and oxygen atoms in total. The summed E-state index contributed by atoms with van der Waals surface area (Å²) in [5.41, 5.74) is 7.41. The Morgan fingerprint density at radius 3 is 2.80 bits per heavy atom. The number of thioether (sulfide) groups is 1. The van der Waals surface area contributed by atoms with Gasteiger partial charge in [-0.15, -0.1) is 0 Å². The highest BCUT2D eigenvalue weighted by molar-refractivity contribution is 7.98. The Balaban J connectivity index is 2.76. The molecule has 0 saturated carbocycles. The van der Waals surface area contributed by atoms with Crippen LogP contribution in [0.3, 0.4) is 0 Å². The number of nitrogens with zero attached hydrogens (tertiary/aromatic N) is 2. The number of hydrogen-bond acceptors (Lipinski definition) is 4. The third-order valence-electron chi connectivity index (χ3n) is 3.14. The molecule has 0 heterocycles. The van der Waals surface area contributed by atoms with E-state index in [4.69, 9.17) is 11.0 Å². The summed E-state index contributed by atoms with van der Waals surface area (Å²) in [6.07, 6.45) is 2.67. The van der Waals surface area contributed by atoms with Crippen molar-refractivity contribution in [2.24, 2.45) is 5.73 Å². The van der Waals surface area contributed by atoms with E-state index in [2.05, 4.69) is 6.07 Å². The van der Waals surface area contributed by atoms with Crippen molar-refractivity contribution in [2.75, 3.05) is 18.6 Å². The monoisotopic (exact) mass is 291 g/mol. The van der Waals surface area contributed by atoms with Crippen molar-refractivity contribution in [3.63, 3.8) is 0 Å². The summed E-state index contributed by atoms with van der Waals surface area (Å²) in [7, 11) is 0. The van der Waals surface area contributed by atoms with E-state index in [-0.39, 0.29) is 5.91 Å². The average Bonchev–Trinajstić information content (AvgIpc) is 2.49. The largest absolute Gasteiger partial charge is 0.337 e. The van der Waals surface area contributed by atoms with Crippen molar-refractivity contribution in [2.45, 2.75) is 25.9 Å². The Hall–Kier alpha value is -1.51. The third-order valence-corrected chi connectivity index (χ3v) is 3.79. The zero-order chi connectivity index (χ0) is 15.0. The maximum Gasteiger partial charge on any atom is 0.239 e. The molecule has 1 amide bonds. The quantitative estimate of drug-likeness (QED) is 0.834. The minimum absolute atomic E-state index is 0.0470. The van der Waals surface area contributed by atoms with Crippen LogP contribution in [0.15, 0.2) is 24.3 Å². The molecule has 0 bridgehead atoms. The van der Waals surface area contributed by atoms with Crippen LogP contribution in [0.4, 0.5) is 0 Å². The van der Waals surface area contributed by atoms with Crippen molar-refractivity contribution in [1.82, 2.24) is 4.90 Å². The van der Waals surface area contributed by atoms with Gasteiger partial charge in [-0.3, -0.25) is 4.79 Å². The first-order valence-electron chi connectivity index (χ1n) is 6.65. The molecule has 1 rings (SSSR count). The Bertz CT molecular complexity index is 484. The van der Waals surface area contributed by atoms with E-state index < -0.39 is 6.04 Å². The zero-order valence-electron chi connectivity index (χ0n) is 12.0. The molecule has 20 heavy (non-hydrogen) atoms. The van der Waals surface area contributed by atoms with Gasteiger partial charge in [0.05, 0.1) is 17.7 Å². The van der Waals surface area contributed by atoms with E-state index in [1.165, 1.54) is 0 Å². The van der Waals surface area contributed by atoms with Gasteiger partial charge in [0.15, 0.2) is 0 Å². The lowest BCUT2D eigenvalue weighted by Crippen LogP contribution is -2.43. The molecule has 0 aliphatic rings. The van der Waals surface area contributed by atoms with Gasteiger partial charge in [-0.1, -0.05) is 18.2 Å². The zero-order valence-corrected chi connectivity index (χ0v) is 12.8. The molecule has 0 spiro atoms. The molecule has 0 unspecified atom stereocenters. The SMILES string of the molecule is CCN(Cc1ccccc1C#N)C(=O)[C@H](N)CCSC. The topological polar surface area (TPSA) is 70.1 Å². The van der Waals surface area contributed by atoms with Crippen LogP contribution in [0.1, 0.15) is 24.5 Å². The normalized spacial score (nSPS) is 11.7. The van der Waals surface area contributed by atoms with E-state index in [9.17, 15) is 4.79 Å². The number of rotatable bonds is 7. The van der Waals surface area contributed by atoms with Crippen LogP contribution >= 0.6 is 11.8 Å². The van der Waals surface area contributed by atoms with Gasteiger partial charge >= 0.3 is 0 Å². The van der Waals surface area contributed by atoms with Gasteiger partial charge in [-0.05, 0) is 37.0 Å². The molecule has 5 heteroatoms. The molecule has 0 fully saturated rings. The maximum atomic E-state index is 12.3. The number of carbonyl (C=O) groups excluding carboxylic acids is 1. The summed E-state index contributed by atoms with van der Waals surface area (Å²) in [6.45, 7) is 2.95. The molecule has 108 valence electrons. The molecular weight excluding hydrogens is 270 g/mol. The highest BCUT2D eigenvalue weighted by atomic mass is 32.2. The van der Waals surface area contributed by atoms with Gasteiger partial charge in [0.25, 0.3) is 0 Å². The van der Waals surface area contributed by atoms with Gasteiger partial charge in [0.2, 0.25) is 5.91 Å². The molecule has 0 aromatic heterocycles. The van der Waals surface area contributed by atoms with Crippen molar-refractivity contribution >= 4 is 17.7 Å². The number of carbonyl (C=O) groups is 1. The number of nitrogens with two attached hydrogens (primary N) is 1. The molecule has 1 atom stereocenters. The van der Waals surface area contributed by atoms with Gasteiger partial charge in [-0.25, -0.2) is 0 Å². The minimum Gasteiger partial charge on any atom is -0.337 e. The van der Waals surface area contributed by atoms with Crippen LogP contribution in [0.5, 0.6) is 0 Å². The number of hydrogen-bond donors (Lipinski definition) is 1. The van der Waals surface area contributed by atoms with Crippen molar-refractivity contribution in [3.8, 4) is 6.07 Å². The van der Waals surface area contributed by atoms with Crippen LogP contribution in [-0.4, -0.2) is 35.4 Å². The number of amides is 1. The second-order valence-electron chi connectivity index (χ2n) is 4.51.